The molecule has 25 heavy (non-hydrogen) atoms. The molecule has 0 fully saturated rings. The first-order valence-electron chi connectivity index (χ1n) is 7.06. The van der Waals surface area contributed by atoms with E-state index >= 15 is 0 Å². The largest absolute Gasteiger partial charge is 0.324 e. The highest BCUT2D eigenvalue weighted by atomic mass is 35.5. The second kappa shape index (κ2) is 7.83. The van der Waals surface area contributed by atoms with Gasteiger partial charge in [0.1, 0.15) is 6.54 Å². The summed E-state index contributed by atoms with van der Waals surface area (Å²) in [5.74, 6) is -0.512. The van der Waals surface area contributed by atoms with Crippen molar-refractivity contribution in [2.75, 3.05) is 22.4 Å². The van der Waals surface area contributed by atoms with Crippen LogP contribution in [-0.2, 0) is 14.8 Å². The Hall–Kier alpha value is -1.47. The molecule has 1 amide bonds. The fourth-order valence-electron chi connectivity index (χ4n) is 2.15. The van der Waals surface area contributed by atoms with Crippen molar-refractivity contribution in [3.63, 3.8) is 0 Å². The molecule has 0 radical (unpaired) electrons. The first-order valence-corrected chi connectivity index (χ1v) is 10.0. The molecule has 2 rings (SSSR count). The molecule has 0 atom stereocenters. The van der Waals surface area contributed by atoms with Gasteiger partial charge in [-0.3, -0.25) is 9.10 Å². The van der Waals surface area contributed by atoms with E-state index in [0.29, 0.717) is 15.7 Å². The number of carbonyl (C=O) groups is 1. The molecule has 2 aromatic carbocycles. The number of anilines is 2. The van der Waals surface area contributed by atoms with Crippen LogP contribution in [0.25, 0.3) is 0 Å². The van der Waals surface area contributed by atoms with Crippen molar-refractivity contribution >= 4 is 62.1 Å². The Kier molecular flexibility index (Phi) is 6.21. The van der Waals surface area contributed by atoms with Crippen molar-refractivity contribution in [2.45, 2.75) is 6.92 Å². The van der Waals surface area contributed by atoms with Crippen LogP contribution in [0.15, 0.2) is 36.4 Å². The van der Waals surface area contributed by atoms with Crippen LogP contribution in [0.3, 0.4) is 0 Å². The number of nitrogens with zero attached hydrogens (tertiary/aromatic N) is 1. The molecule has 0 bridgehead atoms. The average molecular weight is 422 g/mol. The third kappa shape index (κ3) is 5.25. The highest BCUT2D eigenvalue weighted by molar-refractivity contribution is 7.92. The second-order valence-electron chi connectivity index (χ2n) is 5.37. The maximum atomic E-state index is 12.3. The number of aryl methyl sites for hydroxylation is 1. The van der Waals surface area contributed by atoms with Crippen LogP contribution in [0.4, 0.5) is 11.4 Å². The van der Waals surface area contributed by atoms with Gasteiger partial charge < -0.3 is 5.32 Å². The third-order valence-electron chi connectivity index (χ3n) is 3.33. The lowest BCUT2D eigenvalue weighted by atomic mass is 10.2. The molecule has 0 heterocycles. The predicted octanol–water partition coefficient (Wildman–Crippen LogP) is 4.36. The van der Waals surface area contributed by atoms with E-state index in [4.69, 9.17) is 34.8 Å². The normalized spacial score (nSPS) is 11.2. The summed E-state index contributed by atoms with van der Waals surface area (Å²) in [4.78, 5) is 12.3. The molecule has 0 saturated carbocycles. The van der Waals surface area contributed by atoms with Crippen LogP contribution in [0.5, 0.6) is 0 Å². The first kappa shape index (κ1) is 19.8. The standard InChI is InChI=1S/C16H15Cl3N2O3S/c1-10-7-11(17)3-5-14(10)20-16(22)9-21(25(2,23)24)15-6-4-12(18)8-13(15)19/h3-8H,9H2,1-2H3,(H,20,22). The van der Waals surface area contributed by atoms with E-state index in [1.165, 1.54) is 18.2 Å². The lowest BCUT2D eigenvalue weighted by Crippen LogP contribution is -2.37. The van der Waals surface area contributed by atoms with Gasteiger partial charge in [0.2, 0.25) is 15.9 Å². The number of halogens is 3. The van der Waals surface area contributed by atoms with E-state index in [2.05, 4.69) is 5.32 Å². The van der Waals surface area contributed by atoms with Gasteiger partial charge in [0.05, 0.1) is 17.0 Å². The SMILES string of the molecule is Cc1cc(Cl)ccc1NC(=O)CN(c1ccc(Cl)cc1Cl)S(C)(=O)=O. The smallest absolute Gasteiger partial charge is 0.245 e. The van der Waals surface area contributed by atoms with Crippen molar-refractivity contribution in [2.24, 2.45) is 0 Å². The van der Waals surface area contributed by atoms with Gasteiger partial charge in [0.25, 0.3) is 0 Å². The van der Waals surface area contributed by atoms with Crippen molar-refractivity contribution in [1.29, 1.82) is 0 Å². The van der Waals surface area contributed by atoms with Gasteiger partial charge >= 0.3 is 0 Å². The number of benzene rings is 2. The number of hydrogen-bond donors (Lipinski definition) is 1. The van der Waals surface area contributed by atoms with E-state index in [-0.39, 0.29) is 10.7 Å². The zero-order valence-corrected chi connectivity index (χ0v) is 16.5. The molecule has 0 aliphatic carbocycles. The molecule has 0 aliphatic rings. The Morgan fingerprint density at radius 2 is 1.68 bits per heavy atom. The highest BCUT2D eigenvalue weighted by Crippen LogP contribution is 2.30. The lowest BCUT2D eigenvalue weighted by molar-refractivity contribution is -0.114. The summed E-state index contributed by atoms with van der Waals surface area (Å²) >= 11 is 17.8. The highest BCUT2D eigenvalue weighted by Gasteiger charge is 2.23. The van der Waals surface area contributed by atoms with Gasteiger partial charge in [-0.2, -0.15) is 0 Å². The van der Waals surface area contributed by atoms with Crippen molar-refractivity contribution < 1.29 is 13.2 Å². The average Bonchev–Trinajstić information content (AvgIpc) is 2.47. The molecule has 9 heteroatoms. The van der Waals surface area contributed by atoms with Crippen molar-refractivity contribution in [3.8, 4) is 0 Å². The van der Waals surface area contributed by atoms with E-state index in [1.807, 2.05) is 0 Å². The summed E-state index contributed by atoms with van der Waals surface area (Å²) in [5, 5.41) is 3.71. The van der Waals surface area contributed by atoms with Crippen LogP contribution in [0.1, 0.15) is 5.56 Å². The van der Waals surface area contributed by atoms with Crippen LogP contribution in [0.2, 0.25) is 15.1 Å². The van der Waals surface area contributed by atoms with Gasteiger partial charge in [0.15, 0.2) is 0 Å². The van der Waals surface area contributed by atoms with Gasteiger partial charge in [-0.05, 0) is 48.9 Å². The van der Waals surface area contributed by atoms with Crippen molar-refractivity contribution in [1.82, 2.24) is 0 Å². The summed E-state index contributed by atoms with van der Waals surface area (Å²) in [6.07, 6.45) is 0.999. The second-order valence-corrected chi connectivity index (χ2v) is 8.56. The Bertz CT molecular complexity index is 917. The van der Waals surface area contributed by atoms with Crippen LogP contribution >= 0.6 is 34.8 Å². The first-order chi connectivity index (χ1) is 11.6. The molecule has 2 aromatic rings. The van der Waals surface area contributed by atoms with Gasteiger partial charge in [-0.15, -0.1) is 0 Å². The summed E-state index contributed by atoms with van der Waals surface area (Å²) < 4.78 is 25.1. The van der Waals surface area contributed by atoms with Gasteiger partial charge in [-0.1, -0.05) is 34.8 Å². The Labute approximate surface area is 161 Å². The fourth-order valence-corrected chi connectivity index (χ4v) is 3.81. The lowest BCUT2D eigenvalue weighted by Gasteiger charge is -2.23. The fraction of sp³-hybridized carbons (Fsp3) is 0.188. The zero-order valence-electron chi connectivity index (χ0n) is 13.4. The molecule has 0 spiro atoms. The Morgan fingerprint density at radius 1 is 1.08 bits per heavy atom. The Morgan fingerprint density at radius 3 is 2.24 bits per heavy atom. The van der Waals surface area contributed by atoms with E-state index in [0.717, 1.165) is 16.1 Å². The van der Waals surface area contributed by atoms with Crippen molar-refractivity contribution in [3.05, 3.63) is 57.0 Å². The Balaban J connectivity index is 2.27. The molecular formula is C16H15Cl3N2O3S. The maximum Gasteiger partial charge on any atom is 0.245 e. The van der Waals surface area contributed by atoms with Gasteiger partial charge in [-0.25, -0.2) is 8.42 Å². The zero-order chi connectivity index (χ0) is 18.8. The summed E-state index contributed by atoms with van der Waals surface area (Å²) in [5.41, 5.74) is 1.48. The monoisotopic (exact) mass is 420 g/mol. The molecule has 5 nitrogen and oxygen atoms in total. The minimum atomic E-state index is -3.73. The molecule has 0 aliphatic heterocycles. The predicted molar refractivity (Wildman–Crippen MR) is 103 cm³/mol. The number of carbonyl (C=O) groups excluding carboxylic acids is 1. The summed E-state index contributed by atoms with van der Waals surface area (Å²) in [6, 6.07) is 9.35. The quantitative estimate of drug-likeness (QED) is 0.780. The van der Waals surface area contributed by atoms with Crippen LogP contribution < -0.4 is 9.62 Å². The summed E-state index contributed by atoms with van der Waals surface area (Å²) in [7, 11) is -3.73. The molecule has 1 N–H and O–H groups in total. The van der Waals surface area contributed by atoms with Crippen LogP contribution in [0, 0.1) is 6.92 Å². The topological polar surface area (TPSA) is 66.5 Å². The number of amides is 1. The number of hydrogen-bond acceptors (Lipinski definition) is 3. The molecule has 0 aromatic heterocycles. The molecule has 134 valence electrons. The molecular weight excluding hydrogens is 407 g/mol. The van der Waals surface area contributed by atoms with E-state index in [9.17, 15) is 13.2 Å². The minimum Gasteiger partial charge on any atom is -0.324 e. The van der Waals surface area contributed by atoms with Crippen LogP contribution in [-0.4, -0.2) is 27.1 Å². The molecule has 0 saturated heterocycles. The third-order valence-corrected chi connectivity index (χ3v) is 5.23. The van der Waals surface area contributed by atoms with Gasteiger partial charge in [0, 0.05) is 15.7 Å². The number of sulfonamides is 1. The number of rotatable bonds is 5. The maximum absolute atomic E-state index is 12.3. The summed E-state index contributed by atoms with van der Waals surface area (Å²) in [6.45, 7) is 1.36. The van der Waals surface area contributed by atoms with E-state index < -0.39 is 22.5 Å². The van der Waals surface area contributed by atoms with E-state index in [1.54, 1.807) is 25.1 Å². The minimum absolute atomic E-state index is 0.133. The molecule has 0 unspecified atom stereocenters. The number of nitrogens with one attached hydrogen (secondary N) is 1.